The molecule has 0 bridgehead atoms. The van der Waals surface area contributed by atoms with Crippen LogP contribution in [0.25, 0.3) is 0 Å². The van der Waals surface area contributed by atoms with E-state index in [0.29, 0.717) is 21.9 Å². The van der Waals surface area contributed by atoms with Gasteiger partial charge in [0.2, 0.25) is 5.85 Å². The fourth-order valence-corrected chi connectivity index (χ4v) is 5.15. The molecule has 1 fully saturated rings. The van der Waals surface area contributed by atoms with Crippen molar-refractivity contribution in [2.75, 3.05) is 6.56 Å². The molecule has 13 heteroatoms. The van der Waals surface area contributed by atoms with E-state index in [-0.39, 0.29) is 17.8 Å². The second kappa shape index (κ2) is 9.69. The Hall–Kier alpha value is -2.34. The van der Waals surface area contributed by atoms with Gasteiger partial charge >= 0.3 is 13.5 Å². The number of halogens is 1. The van der Waals surface area contributed by atoms with Crippen LogP contribution in [0.2, 0.25) is 0 Å². The highest BCUT2D eigenvalue weighted by Crippen LogP contribution is 2.58. The molecule has 1 unspecified atom stereocenters. The topological polar surface area (TPSA) is 149 Å². The van der Waals surface area contributed by atoms with Gasteiger partial charge < -0.3 is 19.5 Å². The maximum atomic E-state index is 16.1. The quantitative estimate of drug-likeness (QED) is 0.469. The lowest BCUT2D eigenvalue weighted by Crippen LogP contribution is -2.37. The van der Waals surface area contributed by atoms with Crippen LogP contribution >= 0.6 is 7.82 Å². The Kier molecular flexibility index (Phi) is 6.29. The van der Waals surface area contributed by atoms with Crippen LogP contribution in [0, 0.1) is 0 Å². The molecule has 2 aromatic rings. The number of H-pyrrole nitrogens is 1. The average Bonchev–Trinajstić information content (AvgIpc) is 3.06. The highest BCUT2D eigenvalue weighted by atomic mass is 31.2. The number of rotatable bonds is 5. The van der Waals surface area contributed by atoms with E-state index < -0.39 is 67.8 Å². The lowest BCUT2D eigenvalue weighted by Gasteiger charge is -2.33. The van der Waals surface area contributed by atoms with E-state index in [1.54, 1.807) is 0 Å². The largest absolute Gasteiger partial charge is 0.530 e. The summed E-state index contributed by atoms with van der Waals surface area (Å²) < 4.78 is 76.0. The number of aromatic nitrogens is 2. The van der Waals surface area contributed by atoms with Gasteiger partial charge in [0, 0.05) is 23.7 Å². The second-order valence-corrected chi connectivity index (χ2v) is 12.9. The summed E-state index contributed by atoms with van der Waals surface area (Å²) in [7, 11) is -4.86. The van der Waals surface area contributed by atoms with Crippen molar-refractivity contribution in [2.24, 2.45) is 0 Å². The van der Waals surface area contributed by atoms with Crippen molar-refractivity contribution in [3.63, 3.8) is 0 Å². The van der Waals surface area contributed by atoms with E-state index in [0.717, 1.165) is 5.56 Å². The molecular weight excluding hydrogens is 522 g/mol. The first-order chi connectivity index (χ1) is 18.6. The number of benzene rings is 1. The van der Waals surface area contributed by atoms with Gasteiger partial charge in [0.25, 0.3) is 5.56 Å². The molecule has 2 aliphatic rings. The smallest absolute Gasteiger partial charge is 0.403 e. The summed E-state index contributed by atoms with van der Waals surface area (Å²) in [6.07, 6.45) is -5.75. The highest BCUT2D eigenvalue weighted by Gasteiger charge is 2.50. The average molecular weight is 560 g/mol. The van der Waals surface area contributed by atoms with Crippen LogP contribution < -0.4 is 15.8 Å². The summed E-state index contributed by atoms with van der Waals surface area (Å²) in [5, 5.41) is 19.9. The van der Waals surface area contributed by atoms with Gasteiger partial charge in [-0.15, -0.1) is 0 Å². The molecule has 1 saturated heterocycles. The first-order valence-corrected chi connectivity index (χ1v) is 13.4. The van der Waals surface area contributed by atoms with Gasteiger partial charge in [-0.3, -0.25) is 23.4 Å². The predicted molar refractivity (Wildman–Crippen MR) is 135 cm³/mol. The molecule has 11 nitrogen and oxygen atoms in total. The molecule has 210 valence electrons. The summed E-state index contributed by atoms with van der Waals surface area (Å²) in [6, 6.07) is 3.69. The van der Waals surface area contributed by atoms with E-state index in [4.69, 9.17) is 22.4 Å². The molecule has 0 aliphatic carbocycles. The van der Waals surface area contributed by atoms with Crippen molar-refractivity contribution >= 4 is 7.82 Å². The number of hydrogen-bond acceptors (Lipinski definition) is 9. The number of phosphoric ester groups is 1. The monoisotopic (exact) mass is 559 g/mol. The first-order valence-electron chi connectivity index (χ1n) is 13.4. The number of fused-ring (bicyclic) bond motifs is 1. The number of nitrogens with one attached hydrogen (secondary N) is 1. The van der Waals surface area contributed by atoms with E-state index in [1.807, 2.05) is 58.7 Å². The van der Waals surface area contributed by atoms with Crippen LogP contribution in [0.4, 0.5) is 4.39 Å². The Bertz CT molecular complexity index is 1530. The van der Waals surface area contributed by atoms with Gasteiger partial charge in [-0.05, 0) is 22.5 Å². The van der Waals surface area contributed by atoms with Crippen LogP contribution in [0.3, 0.4) is 0 Å². The summed E-state index contributed by atoms with van der Waals surface area (Å²) in [5.41, 5.74) is -1.33. The zero-order valence-corrected chi connectivity index (χ0v) is 22.8. The fraction of sp³-hybridized carbons (Fsp3) is 0.600. The highest BCUT2D eigenvalue weighted by molar-refractivity contribution is 7.49. The van der Waals surface area contributed by atoms with Crippen molar-refractivity contribution in [1.29, 1.82) is 0 Å². The van der Waals surface area contributed by atoms with Crippen molar-refractivity contribution in [3.05, 3.63) is 61.4 Å². The normalized spacial score (nSPS) is 31.2. The molecule has 4 rings (SSSR count). The van der Waals surface area contributed by atoms with Gasteiger partial charge in [0.15, 0.2) is 6.20 Å². The lowest BCUT2D eigenvalue weighted by molar-refractivity contribution is -0.179. The Balaban J connectivity index is 1.68. The molecule has 0 radical (unpaired) electrons. The first kappa shape index (κ1) is 24.7. The maximum Gasteiger partial charge on any atom is 0.530 e. The van der Waals surface area contributed by atoms with Gasteiger partial charge in [-0.1, -0.05) is 47.6 Å². The number of phosphoric acid groups is 1. The van der Waals surface area contributed by atoms with Crippen LogP contribution in [0.15, 0.2) is 27.9 Å². The van der Waals surface area contributed by atoms with Crippen molar-refractivity contribution < 1.29 is 41.6 Å². The second-order valence-electron chi connectivity index (χ2n) is 11.3. The SMILES string of the molecule is [2H]C([2H])(OP1(=O)OCc2cc(C(C)(C)C)cc(C(C)(C)C)c2O1)[C@]1(F)C[C@@H](O)[C@]([2H])(n2cc(CO)c(=O)[nH]c2=O)O1. The van der Waals surface area contributed by atoms with Crippen molar-refractivity contribution in [3.8, 4) is 5.75 Å². The van der Waals surface area contributed by atoms with Crippen LogP contribution in [0.1, 0.15) is 80.5 Å². The zero-order chi connectivity index (χ0) is 31.0. The fourth-order valence-electron chi connectivity index (χ4n) is 4.02. The predicted octanol–water partition coefficient (Wildman–Crippen LogP) is 3.30. The molecule has 3 heterocycles. The Labute approximate surface area is 223 Å². The Morgan fingerprint density at radius 3 is 2.58 bits per heavy atom. The third-order valence-corrected chi connectivity index (χ3v) is 7.33. The van der Waals surface area contributed by atoms with Crippen LogP contribution in [0.5, 0.6) is 5.75 Å². The molecule has 3 N–H and O–H groups in total. The zero-order valence-electron chi connectivity index (χ0n) is 25.0. The maximum absolute atomic E-state index is 16.1. The van der Waals surface area contributed by atoms with Crippen molar-refractivity contribution in [2.45, 2.75) is 90.2 Å². The van der Waals surface area contributed by atoms with E-state index in [2.05, 4.69) is 0 Å². The summed E-state index contributed by atoms with van der Waals surface area (Å²) in [6.45, 7) is 6.93. The minimum Gasteiger partial charge on any atom is -0.403 e. The molecule has 2 aliphatic heterocycles. The minimum atomic E-state index is -4.86. The number of alkyl halides is 1. The number of nitrogens with zero attached hydrogens (tertiary/aromatic N) is 1. The molecule has 1 aromatic heterocycles. The molecule has 38 heavy (non-hydrogen) atoms. The third-order valence-electron chi connectivity index (χ3n) is 6.16. The lowest BCUT2D eigenvalue weighted by atomic mass is 9.79. The van der Waals surface area contributed by atoms with Gasteiger partial charge in [-0.2, -0.15) is 0 Å². The number of aliphatic hydroxyl groups excluding tert-OH is 2. The number of aromatic amines is 1. The summed E-state index contributed by atoms with van der Waals surface area (Å²) >= 11 is 0. The minimum absolute atomic E-state index is 0.141. The summed E-state index contributed by atoms with van der Waals surface area (Å²) in [4.78, 5) is 26.0. The van der Waals surface area contributed by atoms with Gasteiger partial charge in [0.1, 0.15) is 18.4 Å². The van der Waals surface area contributed by atoms with Crippen molar-refractivity contribution in [1.82, 2.24) is 9.55 Å². The van der Waals surface area contributed by atoms with E-state index in [1.165, 1.54) is 0 Å². The molecule has 1 aromatic carbocycles. The van der Waals surface area contributed by atoms with Gasteiger partial charge in [-0.25, -0.2) is 13.8 Å². The molecule has 0 saturated carbocycles. The number of hydrogen-bond donors (Lipinski definition) is 3. The summed E-state index contributed by atoms with van der Waals surface area (Å²) in [5.74, 6) is -3.52. The number of ether oxygens (including phenoxy) is 1. The Morgan fingerprint density at radius 1 is 1.29 bits per heavy atom. The molecule has 0 spiro atoms. The molecular formula is C25H34FN2O9P. The number of aliphatic hydroxyl groups is 2. The Morgan fingerprint density at radius 2 is 1.97 bits per heavy atom. The third kappa shape index (κ3) is 5.66. The standard InChI is InChI=1S/C25H34FN2O9P/c1-23(2,3)16-7-14-12-34-38(33,37-19(14)17(8-16)24(4,5)6)35-13-25(26)9-18(30)21(36-25)28-10-15(11-29)20(31)27-22(28)32/h7-8,10,18,21,29-30H,9,11-13H2,1-6H3,(H,27,31,32)/t18-,21-,25+,38?/m1/s1/i13D2,21D. The molecule has 0 amide bonds. The van der Waals surface area contributed by atoms with E-state index >= 15 is 4.39 Å². The van der Waals surface area contributed by atoms with E-state index in [9.17, 15) is 24.4 Å². The van der Waals surface area contributed by atoms with Crippen LogP contribution in [-0.4, -0.2) is 38.3 Å². The van der Waals surface area contributed by atoms with Crippen LogP contribution in [-0.2, 0) is 42.4 Å². The van der Waals surface area contributed by atoms with Gasteiger partial charge in [0.05, 0.1) is 22.9 Å². The molecule has 4 atom stereocenters.